The Bertz CT molecular complexity index is 706. The molecule has 2 rings (SSSR count). The summed E-state index contributed by atoms with van der Waals surface area (Å²) in [6.45, 7) is 1.28. The summed E-state index contributed by atoms with van der Waals surface area (Å²) in [5.74, 6) is 1.02. The minimum Gasteiger partial charge on any atom is -0.355 e. The summed E-state index contributed by atoms with van der Waals surface area (Å²) >= 11 is 12.0. The van der Waals surface area contributed by atoms with Crippen LogP contribution in [0.4, 0.5) is 0 Å². The third kappa shape index (κ3) is 7.01. The molecule has 0 atom stereocenters. The lowest BCUT2D eigenvalue weighted by molar-refractivity contribution is 0.316. The van der Waals surface area contributed by atoms with Crippen molar-refractivity contribution in [3.05, 3.63) is 33.8 Å². The topological polar surface area (TPSA) is 82.6 Å². The van der Waals surface area contributed by atoms with Crippen LogP contribution in [-0.4, -0.2) is 40.3 Å². The van der Waals surface area contributed by atoms with Crippen molar-refractivity contribution in [2.45, 2.75) is 25.8 Å². The summed E-state index contributed by atoms with van der Waals surface area (Å²) in [6, 6.07) is 5.28. The van der Waals surface area contributed by atoms with Crippen molar-refractivity contribution in [2.24, 2.45) is 10.9 Å². The van der Waals surface area contributed by atoms with Crippen LogP contribution < -0.4 is 15.4 Å². The van der Waals surface area contributed by atoms with Gasteiger partial charge in [0, 0.05) is 36.7 Å². The second kappa shape index (κ2) is 9.62. The molecule has 0 radical (unpaired) electrons. The SMILES string of the molecule is CN=C(NCCS(=O)(=O)NCC1CCC1)NCc1ccc(Cl)cc1Cl. The summed E-state index contributed by atoms with van der Waals surface area (Å²) in [6.07, 6.45) is 3.43. The molecule has 0 aliphatic heterocycles. The molecule has 0 amide bonds. The quantitative estimate of drug-likeness (QED) is 0.457. The van der Waals surface area contributed by atoms with Gasteiger partial charge in [0.15, 0.2) is 5.96 Å². The summed E-state index contributed by atoms with van der Waals surface area (Å²) in [5, 5.41) is 7.24. The predicted molar refractivity (Wildman–Crippen MR) is 104 cm³/mol. The lowest BCUT2D eigenvalue weighted by Gasteiger charge is -2.25. The second-order valence-electron chi connectivity index (χ2n) is 6.05. The van der Waals surface area contributed by atoms with Gasteiger partial charge in [-0.15, -0.1) is 0 Å². The molecule has 0 spiro atoms. The molecule has 140 valence electrons. The fourth-order valence-corrected chi connectivity index (χ4v) is 3.86. The number of nitrogens with one attached hydrogen (secondary N) is 3. The van der Waals surface area contributed by atoms with Gasteiger partial charge in [-0.05, 0) is 36.5 Å². The molecule has 1 saturated carbocycles. The van der Waals surface area contributed by atoms with Crippen molar-refractivity contribution in [3.63, 3.8) is 0 Å². The Morgan fingerprint density at radius 1 is 1.28 bits per heavy atom. The van der Waals surface area contributed by atoms with Crippen LogP contribution >= 0.6 is 23.2 Å². The van der Waals surface area contributed by atoms with Crippen molar-refractivity contribution >= 4 is 39.2 Å². The van der Waals surface area contributed by atoms with Gasteiger partial charge in [0.05, 0.1) is 5.75 Å². The summed E-state index contributed by atoms with van der Waals surface area (Å²) < 4.78 is 26.6. The fraction of sp³-hybridized carbons (Fsp3) is 0.562. The summed E-state index contributed by atoms with van der Waals surface area (Å²) in [7, 11) is -1.64. The predicted octanol–water partition coefficient (Wildman–Crippen LogP) is 2.38. The van der Waals surface area contributed by atoms with Crippen molar-refractivity contribution < 1.29 is 8.42 Å². The van der Waals surface area contributed by atoms with Crippen LogP contribution in [0.1, 0.15) is 24.8 Å². The van der Waals surface area contributed by atoms with E-state index in [1.165, 1.54) is 6.42 Å². The van der Waals surface area contributed by atoms with Gasteiger partial charge in [0.25, 0.3) is 0 Å². The van der Waals surface area contributed by atoms with E-state index >= 15 is 0 Å². The molecule has 25 heavy (non-hydrogen) atoms. The van der Waals surface area contributed by atoms with Gasteiger partial charge >= 0.3 is 0 Å². The second-order valence-corrected chi connectivity index (χ2v) is 8.82. The largest absolute Gasteiger partial charge is 0.355 e. The van der Waals surface area contributed by atoms with Crippen molar-refractivity contribution in [2.75, 3.05) is 25.9 Å². The number of nitrogens with zero attached hydrogens (tertiary/aromatic N) is 1. The molecule has 0 aromatic heterocycles. The highest BCUT2D eigenvalue weighted by atomic mass is 35.5. The first-order valence-corrected chi connectivity index (χ1v) is 10.7. The zero-order valence-electron chi connectivity index (χ0n) is 14.2. The average molecular weight is 407 g/mol. The number of guanidine groups is 1. The van der Waals surface area contributed by atoms with E-state index in [-0.39, 0.29) is 12.3 Å². The smallest absolute Gasteiger partial charge is 0.213 e. The van der Waals surface area contributed by atoms with E-state index in [9.17, 15) is 8.42 Å². The molecule has 9 heteroatoms. The number of sulfonamides is 1. The van der Waals surface area contributed by atoms with Crippen LogP contribution in [0, 0.1) is 5.92 Å². The molecule has 1 aliphatic rings. The molecule has 6 nitrogen and oxygen atoms in total. The van der Waals surface area contributed by atoms with Gasteiger partial charge in [0.2, 0.25) is 10.0 Å². The minimum absolute atomic E-state index is 0.00210. The van der Waals surface area contributed by atoms with Gasteiger partial charge in [0.1, 0.15) is 0 Å². The summed E-state index contributed by atoms with van der Waals surface area (Å²) in [4.78, 5) is 4.08. The number of hydrogen-bond acceptors (Lipinski definition) is 3. The lowest BCUT2D eigenvalue weighted by Crippen LogP contribution is -2.41. The number of halogens is 2. The standard InChI is InChI=1S/C16H24Cl2N4O2S/c1-19-16(21-11-13-5-6-14(17)9-15(13)18)20-7-8-25(23,24)22-10-12-3-2-4-12/h5-6,9,12,22H,2-4,7-8,10-11H2,1H3,(H2,19,20,21). The molecule has 3 N–H and O–H groups in total. The normalized spacial score (nSPS) is 15.7. The fourth-order valence-electron chi connectivity index (χ4n) is 2.38. The van der Waals surface area contributed by atoms with Crippen LogP contribution in [0.3, 0.4) is 0 Å². The van der Waals surface area contributed by atoms with Crippen LogP contribution in [-0.2, 0) is 16.6 Å². The van der Waals surface area contributed by atoms with Crippen LogP contribution in [0.5, 0.6) is 0 Å². The van der Waals surface area contributed by atoms with Crippen molar-refractivity contribution in [3.8, 4) is 0 Å². The highest BCUT2D eigenvalue weighted by Gasteiger charge is 2.20. The van der Waals surface area contributed by atoms with Crippen molar-refractivity contribution in [1.82, 2.24) is 15.4 Å². The highest BCUT2D eigenvalue weighted by Crippen LogP contribution is 2.25. The first-order chi connectivity index (χ1) is 11.9. The molecule has 0 saturated heterocycles. The Hall–Kier alpha value is -1.02. The Morgan fingerprint density at radius 3 is 2.64 bits per heavy atom. The Kier molecular flexibility index (Phi) is 7.81. The molecule has 1 fully saturated rings. The van der Waals surface area contributed by atoms with E-state index in [0.29, 0.717) is 35.0 Å². The molecule has 0 bridgehead atoms. The van der Waals surface area contributed by atoms with Gasteiger partial charge in [-0.2, -0.15) is 0 Å². The van der Waals surface area contributed by atoms with E-state index in [1.807, 2.05) is 6.07 Å². The van der Waals surface area contributed by atoms with E-state index in [2.05, 4.69) is 20.3 Å². The minimum atomic E-state index is -3.27. The first kappa shape index (κ1) is 20.3. The Labute approximate surface area is 159 Å². The van der Waals surface area contributed by atoms with Gasteiger partial charge in [-0.25, -0.2) is 13.1 Å². The number of rotatable bonds is 8. The van der Waals surface area contributed by atoms with E-state index in [0.717, 1.165) is 18.4 Å². The number of aliphatic imine (C=N–C) groups is 1. The third-order valence-corrected chi connectivity index (χ3v) is 6.10. The van der Waals surface area contributed by atoms with Gasteiger partial charge < -0.3 is 10.6 Å². The lowest BCUT2D eigenvalue weighted by atomic mass is 9.86. The summed E-state index contributed by atoms with van der Waals surface area (Å²) in [5.41, 5.74) is 0.879. The van der Waals surface area contributed by atoms with Crippen molar-refractivity contribution in [1.29, 1.82) is 0 Å². The molecular weight excluding hydrogens is 383 g/mol. The molecular formula is C16H24Cl2N4O2S. The molecule has 0 heterocycles. The van der Waals surface area contributed by atoms with E-state index in [4.69, 9.17) is 23.2 Å². The monoisotopic (exact) mass is 406 g/mol. The van der Waals surface area contributed by atoms with Gasteiger partial charge in [-0.1, -0.05) is 35.7 Å². The maximum Gasteiger partial charge on any atom is 0.213 e. The molecule has 1 aliphatic carbocycles. The maximum atomic E-state index is 12.0. The van der Waals surface area contributed by atoms with Crippen LogP contribution in [0.25, 0.3) is 0 Å². The van der Waals surface area contributed by atoms with E-state index in [1.54, 1.807) is 19.2 Å². The first-order valence-electron chi connectivity index (χ1n) is 8.25. The maximum absolute atomic E-state index is 12.0. The zero-order chi connectivity index (χ0) is 18.3. The van der Waals surface area contributed by atoms with Gasteiger partial charge in [-0.3, -0.25) is 4.99 Å². The highest BCUT2D eigenvalue weighted by molar-refractivity contribution is 7.89. The zero-order valence-corrected chi connectivity index (χ0v) is 16.5. The van der Waals surface area contributed by atoms with E-state index < -0.39 is 10.0 Å². The molecule has 1 aromatic rings. The Morgan fingerprint density at radius 2 is 2.04 bits per heavy atom. The third-order valence-electron chi connectivity index (χ3n) is 4.16. The number of hydrogen-bond donors (Lipinski definition) is 3. The van der Waals surface area contributed by atoms with Crippen LogP contribution in [0.15, 0.2) is 23.2 Å². The molecule has 1 aromatic carbocycles. The average Bonchev–Trinajstić information content (AvgIpc) is 2.50. The molecule has 0 unspecified atom stereocenters. The number of benzene rings is 1. The Balaban J connectivity index is 1.72. The van der Waals surface area contributed by atoms with Crippen LogP contribution in [0.2, 0.25) is 10.0 Å².